The minimum Gasteiger partial charge on any atom is -0.411 e. The van der Waals surface area contributed by atoms with Gasteiger partial charge in [0.05, 0.1) is 11.2 Å². The molecule has 3 nitrogen and oxygen atoms in total. The minimum atomic E-state index is 0.607. The number of hydrogen-bond donors (Lipinski definition) is 1. The fraction of sp³-hybridized carbons (Fsp3) is 0.0909. The van der Waals surface area contributed by atoms with Crippen LogP contribution in [0.4, 0.5) is 0 Å². The maximum absolute atomic E-state index is 8.63. The molecule has 2 rings (SSSR count). The lowest BCUT2D eigenvalue weighted by atomic mass is 10.1. The summed E-state index contributed by atoms with van der Waals surface area (Å²) in [5, 5.41) is 12.8. The Hall–Kier alpha value is -1.90. The van der Waals surface area contributed by atoms with Crippen molar-refractivity contribution in [2.24, 2.45) is 5.16 Å². The van der Waals surface area contributed by atoms with Crippen LogP contribution in [0.15, 0.2) is 41.7 Å². The molecule has 0 aliphatic rings. The highest BCUT2D eigenvalue weighted by molar-refractivity contribution is 6.01. The third-order valence-electron chi connectivity index (χ3n) is 2.17. The average Bonchev–Trinajstić information content (AvgIpc) is 2.27. The Morgan fingerprint density at radius 2 is 2.21 bits per heavy atom. The summed E-state index contributed by atoms with van der Waals surface area (Å²) in [5.74, 6) is 0. The van der Waals surface area contributed by atoms with Crippen LogP contribution in [0.2, 0.25) is 0 Å². The molecule has 0 bridgehead atoms. The number of rotatable bonds is 1. The number of fused-ring (bicyclic) bond motifs is 1. The summed E-state index contributed by atoms with van der Waals surface area (Å²) >= 11 is 0. The Morgan fingerprint density at radius 1 is 1.36 bits per heavy atom. The maximum Gasteiger partial charge on any atom is 0.0837 e. The number of nitrogens with zero attached hydrogens (tertiary/aromatic N) is 2. The van der Waals surface area contributed by atoms with E-state index in [2.05, 4.69) is 10.1 Å². The van der Waals surface area contributed by atoms with E-state index in [4.69, 9.17) is 5.21 Å². The smallest absolute Gasteiger partial charge is 0.0837 e. The van der Waals surface area contributed by atoms with Crippen LogP contribution < -0.4 is 0 Å². The van der Waals surface area contributed by atoms with Crippen molar-refractivity contribution in [2.75, 3.05) is 0 Å². The lowest BCUT2D eigenvalue weighted by Crippen LogP contribution is -1.93. The highest BCUT2D eigenvalue weighted by atomic mass is 16.4. The third kappa shape index (κ3) is 1.44. The second kappa shape index (κ2) is 3.46. The zero-order valence-electron chi connectivity index (χ0n) is 7.81. The van der Waals surface area contributed by atoms with Gasteiger partial charge in [0.25, 0.3) is 0 Å². The van der Waals surface area contributed by atoms with Crippen LogP contribution in [0.5, 0.6) is 0 Å². The van der Waals surface area contributed by atoms with Gasteiger partial charge in [0.1, 0.15) is 0 Å². The molecule has 2 aromatic rings. The van der Waals surface area contributed by atoms with Gasteiger partial charge in [-0.05, 0) is 30.7 Å². The maximum atomic E-state index is 8.63. The number of pyridine rings is 1. The molecule has 0 spiro atoms. The molecule has 0 saturated heterocycles. The van der Waals surface area contributed by atoms with E-state index in [1.807, 2.05) is 30.3 Å². The highest BCUT2D eigenvalue weighted by Crippen LogP contribution is 2.13. The highest BCUT2D eigenvalue weighted by Gasteiger charge is 1.99. The van der Waals surface area contributed by atoms with Crippen LogP contribution in [-0.2, 0) is 0 Å². The molecule has 3 heteroatoms. The van der Waals surface area contributed by atoms with E-state index in [0.29, 0.717) is 5.71 Å². The Morgan fingerprint density at radius 3 is 3.00 bits per heavy atom. The number of aromatic nitrogens is 1. The number of hydrogen-bond acceptors (Lipinski definition) is 3. The molecule has 1 N–H and O–H groups in total. The minimum absolute atomic E-state index is 0.607. The van der Waals surface area contributed by atoms with Crippen LogP contribution >= 0.6 is 0 Å². The molecule has 0 fully saturated rings. The zero-order chi connectivity index (χ0) is 9.97. The summed E-state index contributed by atoms with van der Waals surface area (Å²) in [4.78, 5) is 4.21. The molecule has 0 amide bonds. The molecule has 1 aromatic heterocycles. The van der Waals surface area contributed by atoms with Gasteiger partial charge in [0, 0.05) is 11.6 Å². The molecule has 0 saturated carbocycles. The Kier molecular flexibility index (Phi) is 2.14. The lowest BCUT2D eigenvalue weighted by Gasteiger charge is -2.00. The van der Waals surface area contributed by atoms with Gasteiger partial charge < -0.3 is 5.21 Å². The quantitative estimate of drug-likeness (QED) is 0.422. The van der Waals surface area contributed by atoms with Crippen LogP contribution in [0, 0.1) is 0 Å². The molecule has 14 heavy (non-hydrogen) atoms. The van der Waals surface area contributed by atoms with Crippen molar-refractivity contribution < 1.29 is 5.21 Å². The van der Waals surface area contributed by atoms with Gasteiger partial charge in [-0.25, -0.2) is 0 Å². The number of benzene rings is 1. The molecule has 0 atom stereocenters. The van der Waals surface area contributed by atoms with Crippen molar-refractivity contribution in [3.63, 3.8) is 0 Å². The Labute approximate surface area is 81.7 Å². The normalized spacial score (nSPS) is 11.9. The predicted octanol–water partition coefficient (Wildman–Crippen LogP) is 2.43. The van der Waals surface area contributed by atoms with Gasteiger partial charge in [-0.1, -0.05) is 17.3 Å². The average molecular weight is 186 g/mol. The van der Waals surface area contributed by atoms with Gasteiger partial charge >= 0.3 is 0 Å². The molecule has 0 radical (unpaired) electrons. The SMILES string of the molecule is C/C(=N/O)c1ccc2ncccc2c1. The molecule has 70 valence electrons. The van der Waals surface area contributed by atoms with Crippen molar-refractivity contribution >= 4 is 16.6 Å². The number of oxime groups is 1. The fourth-order valence-corrected chi connectivity index (χ4v) is 1.36. The first-order chi connectivity index (χ1) is 6.81. The largest absolute Gasteiger partial charge is 0.411 e. The molecular formula is C11H10N2O. The molecular weight excluding hydrogens is 176 g/mol. The van der Waals surface area contributed by atoms with Gasteiger partial charge in [0.15, 0.2) is 0 Å². The van der Waals surface area contributed by atoms with E-state index in [9.17, 15) is 0 Å². The second-order valence-electron chi connectivity index (χ2n) is 3.10. The van der Waals surface area contributed by atoms with Gasteiger partial charge in [-0.15, -0.1) is 0 Å². The Bertz CT molecular complexity index is 491. The summed E-state index contributed by atoms with van der Waals surface area (Å²) in [7, 11) is 0. The van der Waals surface area contributed by atoms with Gasteiger partial charge in [-0.3, -0.25) is 4.98 Å². The summed E-state index contributed by atoms with van der Waals surface area (Å²) in [6.45, 7) is 1.76. The van der Waals surface area contributed by atoms with Crippen molar-refractivity contribution in [1.82, 2.24) is 4.98 Å². The topological polar surface area (TPSA) is 45.5 Å². The summed E-state index contributed by atoms with van der Waals surface area (Å²) in [6.07, 6.45) is 1.76. The van der Waals surface area contributed by atoms with Crippen molar-refractivity contribution in [1.29, 1.82) is 0 Å². The van der Waals surface area contributed by atoms with Crippen LogP contribution in [0.3, 0.4) is 0 Å². The van der Waals surface area contributed by atoms with E-state index >= 15 is 0 Å². The summed E-state index contributed by atoms with van der Waals surface area (Å²) in [5.41, 5.74) is 2.46. The molecule has 0 aliphatic carbocycles. The van der Waals surface area contributed by atoms with E-state index in [-0.39, 0.29) is 0 Å². The molecule has 0 aliphatic heterocycles. The van der Waals surface area contributed by atoms with Crippen LogP contribution in [0.25, 0.3) is 10.9 Å². The first-order valence-corrected chi connectivity index (χ1v) is 4.35. The van der Waals surface area contributed by atoms with E-state index in [1.54, 1.807) is 13.1 Å². The fourth-order valence-electron chi connectivity index (χ4n) is 1.36. The summed E-state index contributed by atoms with van der Waals surface area (Å²) < 4.78 is 0. The van der Waals surface area contributed by atoms with E-state index in [0.717, 1.165) is 16.5 Å². The van der Waals surface area contributed by atoms with Gasteiger partial charge in [-0.2, -0.15) is 0 Å². The van der Waals surface area contributed by atoms with Crippen molar-refractivity contribution in [2.45, 2.75) is 6.92 Å². The molecule has 1 aromatic carbocycles. The molecule has 0 unspecified atom stereocenters. The summed E-state index contributed by atoms with van der Waals surface area (Å²) in [6, 6.07) is 9.63. The third-order valence-corrected chi connectivity index (χ3v) is 2.17. The first kappa shape index (κ1) is 8.69. The van der Waals surface area contributed by atoms with Crippen LogP contribution in [-0.4, -0.2) is 15.9 Å². The van der Waals surface area contributed by atoms with Crippen LogP contribution in [0.1, 0.15) is 12.5 Å². The lowest BCUT2D eigenvalue weighted by molar-refractivity contribution is 0.319. The van der Waals surface area contributed by atoms with E-state index < -0.39 is 0 Å². The van der Waals surface area contributed by atoms with Crippen molar-refractivity contribution in [3.05, 3.63) is 42.1 Å². The predicted molar refractivity (Wildman–Crippen MR) is 55.7 cm³/mol. The molecule has 1 heterocycles. The van der Waals surface area contributed by atoms with Gasteiger partial charge in [0.2, 0.25) is 0 Å². The first-order valence-electron chi connectivity index (χ1n) is 4.35. The van der Waals surface area contributed by atoms with E-state index in [1.165, 1.54) is 0 Å². The Balaban J connectivity index is 2.62. The zero-order valence-corrected chi connectivity index (χ0v) is 7.81. The monoisotopic (exact) mass is 186 g/mol. The van der Waals surface area contributed by atoms with Crippen molar-refractivity contribution in [3.8, 4) is 0 Å². The second-order valence-corrected chi connectivity index (χ2v) is 3.10. The standard InChI is InChI=1S/C11H10N2O/c1-8(13-14)9-4-5-11-10(7-9)3-2-6-12-11/h2-7,14H,1H3/b13-8-.